The molecule has 0 aliphatic carbocycles. The minimum atomic E-state index is -0.844. The number of esters is 1. The fourth-order valence-electron chi connectivity index (χ4n) is 9.69. The Morgan fingerprint density at radius 3 is 1.04 bits per heavy atom. The van der Waals surface area contributed by atoms with Crippen molar-refractivity contribution >= 4 is 11.9 Å². The van der Waals surface area contributed by atoms with E-state index in [1.807, 2.05) is 6.08 Å². The van der Waals surface area contributed by atoms with Crippen LogP contribution in [0.4, 0.5) is 0 Å². The third kappa shape index (κ3) is 55.5. The third-order valence-corrected chi connectivity index (χ3v) is 14.5. The number of allylic oxidation sites excluding steroid dienone is 3. The maximum Gasteiger partial charge on any atom is 0.305 e. The monoisotopic (exact) mass is 972 g/mol. The number of rotatable bonds is 58. The van der Waals surface area contributed by atoms with Gasteiger partial charge in [-0.1, -0.05) is 295 Å². The van der Waals surface area contributed by atoms with Crippen LogP contribution in [0.5, 0.6) is 0 Å². The number of carbonyl (C=O) groups is 2. The summed E-state index contributed by atoms with van der Waals surface area (Å²) in [6.07, 6.45) is 72.2. The van der Waals surface area contributed by atoms with Gasteiger partial charge >= 0.3 is 5.97 Å². The molecule has 6 heteroatoms. The van der Waals surface area contributed by atoms with E-state index in [-0.39, 0.29) is 18.5 Å². The van der Waals surface area contributed by atoms with Crippen molar-refractivity contribution in [2.75, 3.05) is 13.2 Å². The lowest BCUT2D eigenvalue weighted by molar-refractivity contribution is -0.143. The van der Waals surface area contributed by atoms with Crippen LogP contribution < -0.4 is 5.32 Å². The molecule has 2 atom stereocenters. The largest absolute Gasteiger partial charge is 0.466 e. The molecular weight excluding hydrogens is 851 g/mol. The molecule has 0 aromatic heterocycles. The Balaban J connectivity index is 3.40. The molecule has 6 nitrogen and oxygen atoms in total. The molecule has 0 aromatic carbocycles. The molecule has 0 saturated heterocycles. The maximum absolute atomic E-state index is 12.5. The zero-order chi connectivity index (χ0) is 50.0. The van der Waals surface area contributed by atoms with Crippen LogP contribution in [0.15, 0.2) is 24.3 Å². The molecule has 0 heterocycles. The van der Waals surface area contributed by atoms with Crippen LogP contribution in [0.3, 0.4) is 0 Å². The lowest BCUT2D eigenvalue weighted by atomic mass is 10.0. The number of carbonyl (C=O) groups excluding carboxylic acids is 2. The van der Waals surface area contributed by atoms with Gasteiger partial charge in [0.05, 0.1) is 25.4 Å². The lowest BCUT2D eigenvalue weighted by Crippen LogP contribution is -2.45. The number of hydrogen-bond acceptors (Lipinski definition) is 5. The minimum Gasteiger partial charge on any atom is -0.466 e. The van der Waals surface area contributed by atoms with E-state index in [4.69, 9.17) is 4.74 Å². The zero-order valence-electron chi connectivity index (χ0n) is 46.6. The van der Waals surface area contributed by atoms with Crippen LogP contribution in [0.25, 0.3) is 0 Å². The molecule has 0 aliphatic rings. The Bertz CT molecular complexity index is 1080. The van der Waals surface area contributed by atoms with E-state index in [1.54, 1.807) is 6.08 Å². The summed E-state index contributed by atoms with van der Waals surface area (Å²) in [6.45, 7) is 4.90. The van der Waals surface area contributed by atoms with E-state index in [2.05, 4.69) is 31.3 Å². The Labute approximate surface area is 431 Å². The molecule has 2 unspecified atom stereocenters. The second-order valence-corrected chi connectivity index (χ2v) is 21.4. The first-order chi connectivity index (χ1) is 34.0. The Morgan fingerprint density at radius 1 is 0.391 bits per heavy atom. The van der Waals surface area contributed by atoms with Crippen molar-refractivity contribution < 1.29 is 24.5 Å². The van der Waals surface area contributed by atoms with Gasteiger partial charge in [0, 0.05) is 12.8 Å². The lowest BCUT2D eigenvalue weighted by Gasteiger charge is -2.20. The maximum atomic E-state index is 12.5. The van der Waals surface area contributed by atoms with E-state index < -0.39 is 12.1 Å². The molecule has 0 radical (unpaired) electrons. The molecule has 0 spiro atoms. The molecule has 408 valence electrons. The van der Waals surface area contributed by atoms with Crippen LogP contribution in [0.2, 0.25) is 0 Å². The molecule has 3 N–H and O–H groups in total. The van der Waals surface area contributed by atoms with E-state index in [1.165, 1.54) is 270 Å². The molecule has 0 aromatic rings. The second-order valence-electron chi connectivity index (χ2n) is 21.4. The topological polar surface area (TPSA) is 95.9 Å². The summed E-state index contributed by atoms with van der Waals surface area (Å²) in [5.41, 5.74) is 0. The van der Waals surface area contributed by atoms with Gasteiger partial charge in [-0.2, -0.15) is 0 Å². The Kier molecular flexibility index (Phi) is 57.5. The standard InChI is InChI=1S/C63H121NO5/c1-3-5-7-9-11-13-15-17-18-28-32-35-39-43-47-51-55-61(66)60(59-65)64-62(67)56-52-48-44-40-36-33-29-26-24-22-20-19-21-23-25-27-30-34-38-42-46-50-54-58-69-63(68)57-53-49-45-41-37-31-16-14-12-10-8-6-4-2/h14,16,51,55,60-61,65-66H,3-13,15,17-50,52-54,56-59H2,1-2H3,(H,64,67)/b16-14-,55-51+. The molecule has 0 saturated carbocycles. The molecular formula is C63H121NO5. The number of unbranched alkanes of at least 4 members (excludes halogenated alkanes) is 45. The molecule has 0 fully saturated rings. The van der Waals surface area contributed by atoms with Gasteiger partial charge in [-0.3, -0.25) is 9.59 Å². The van der Waals surface area contributed by atoms with Crippen molar-refractivity contribution in [2.24, 2.45) is 0 Å². The van der Waals surface area contributed by atoms with Crippen LogP contribution in [0, 0.1) is 0 Å². The van der Waals surface area contributed by atoms with Gasteiger partial charge in [-0.15, -0.1) is 0 Å². The van der Waals surface area contributed by atoms with Crippen molar-refractivity contribution in [2.45, 2.75) is 353 Å². The van der Waals surface area contributed by atoms with Crippen LogP contribution in [-0.4, -0.2) is 47.4 Å². The summed E-state index contributed by atoms with van der Waals surface area (Å²) in [6, 6.07) is -0.627. The first-order valence-electron chi connectivity index (χ1n) is 31.1. The number of hydrogen-bond donors (Lipinski definition) is 3. The van der Waals surface area contributed by atoms with Gasteiger partial charge < -0.3 is 20.3 Å². The Hall–Kier alpha value is -1.66. The highest BCUT2D eigenvalue weighted by Crippen LogP contribution is 2.18. The Morgan fingerprint density at radius 2 is 0.681 bits per heavy atom. The van der Waals surface area contributed by atoms with Crippen molar-refractivity contribution in [1.82, 2.24) is 5.32 Å². The van der Waals surface area contributed by atoms with Crippen molar-refractivity contribution in [3.63, 3.8) is 0 Å². The number of ether oxygens (including phenoxy) is 1. The highest BCUT2D eigenvalue weighted by molar-refractivity contribution is 5.76. The quantitative estimate of drug-likeness (QED) is 0.0321. The normalized spacial score (nSPS) is 12.7. The summed E-state index contributed by atoms with van der Waals surface area (Å²) >= 11 is 0. The summed E-state index contributed by atoms with van der Waals surface area (Å²) in [7, 11) is 0. The van der Waals surface area contributed by atoms with Crippen LogP contribution in [0.1, 0.15) is 341 Å². The summed E-state index contributed by atoms with van der Waals surface area (Å²) in [5, 5.41) is 23.1. The zero-order valence-corrected chi connectivity index (χ0v) is 46.6. The van der Waals surface area contributed by atoms with Gasteiger partial charge in [-0.05, 0) is 57.8 Å². The fourth-order valence-corrected chi connectivity index (χ4v) is 9.69. The highest BCUT2D eigenvalue weighted by Gasteiger charge is 2.18. The first-order valence-corrected chi connectivity index (χ1v) is 31.1. The molecule has 69 heavy (non-hydrogen) atoms. The van der Waals surface area contributed by atoms with Gasteiger partial charge in [0.2, 0.25) is 5.91 Å². The average Bonchev–Trinajstić information content (AvgIpc) is 3.35. The van der Waals surface area contributed by atoms with Crippen molar-refractivity contribution in [3.8, 4) is 0 Å². The van der Waals surface area contributed by atoms with Gasteiger partial charge in [-0.25, -0.2) is 0 Å². The summed E-state index contributed by atoms with van der Waals surface area (Å²) < 4.78 is 5.47. The van der Waals surface area contributed by atoms with Gasteiger partial charge in [0.15, 0.2) is 0 Å². The van der Waals surface area contributed by atoms with E-state index in [0.29, 0.717) is 19.4 Å². The van der Waals surface area contributed by atoms with Crippen molar-refractivity contribution in [3.05, 3.63) is 24.3 Å². The third-order valence-electron chi connectivity index (χ3n) is 14.5. The van der Waals surface area contributed by atoms with Gasteiger partial charge in [0.1, 0.15) is 0 Å². The number of aliphatic hydroxyl groups is 2. The average molecular weight is 973 g/mol. The summed E-state index contributed by atoms with van der Waals surface area (Å²) in [5.74, 6) is -0.0606. The molecule has 0 aliphatic heterocycles. The second kappa shape index (κ2) is 58.9. The fraction of sp³-hybridized carbons (Fsp3) is 0.905. The van der Waals surface area contributed by atoms with Crippen LogP contribution >= 0.6 is 0 Å². The highest BCUT2D eigenvalue weighted by atomic mass is 16.5. The predicted molar refractivity (Wildman–Crippen MR) is 301 cm³/mol. The molecule has 1 amide bonds. The smallest absolute Gasteiger partial charge is 0.305 e. The van der Waals surface area contributed by atoms with Crippen molar-refractivity contribution in [1.29, 1.82) is 0 Å². The minimum absolute atomic E-state index is 0.00489. The predicted octanol–water partition coefficient (Wildman–Crippen LogP) is 19.4. The van der Waals surface area contributed by atoms with E-state index in [9.17, 15) is 19.8 Å². The number of nitrogens with one attached hydrogen (secondary N) is 1. The van der Waals surface area contributed by atoms with E-state index >= 15 is 0 Å². The SMILES string of the molecule is CCCCCC/C=C\CCCCCCCC(=O)OCCCCCCCCCCCCCCCCCCCCCCCCCC(=O)NC(CO)C(O)/C=C/CCCCCCCCCCCCCCCC. The summed E-state index contributed by atoms with van der Waals surface area (Å²) in [4.78, 5) is 24.5. The van der Waals surface area contributed by atoms with Crippen LogP contribution in [-0.2, 0) is 14.3 Å². The van der Waals surface area contributed by atoms with E-state index in [0.717, 1.165) is 44.9 Å². The van der Waals surface area contributed by atoms with Gasteiger partial charge in [0.25, 0.3) is 0 Å². The first kappa shape index (κ1) is 67.3. The number of aliphatic hydroxyl groups excluding tert-OH is 2. The molecule has 0 rings (SSSR count). The molecule has 0 bridgehead atoms. The number of amides is 1.